The molecular formula is C15H12BrFN2O2. The van der Waals surface area contributed by atoms with Gasteiger partial charge in [0.05, 0.1) is 5.71 Å². The van der Waals surface area contributed by atoms with Gasteiger partial charge in [-0.05, 0) is 37.3 Å². The molecule has 0 unspecified atom stereocenters. The fourth-order valence-corrected chi connectivity index (χ4v) is 2.23. The number of oxime groups is 1. The molecule has 0 atom stereocenters. The van der Waals surface area contributed by atoms with Gasteiger partial charge in [0.2, 0.25) is 0 Å². The molecule has 1 amide bonds. The van der Waals surface area contributed by atoms with Crippen LogP contribution in [0, 0.1) is 5.82 Å². The molecule has 2 aromatic rings. The minimum Gasteiger partial charge on any atom is -0.411 e. The van der Waals surface area contributed by atoms with Gasteiger partial charge in [-0.25, -0.2) is 4.39 Å². The van der Waals surface area contributed by atoms with E-state index in [0.717, 1.165) is 6.07 Å². The molecule has 0 bridgehead atoms. The lowest BCUT2D eigenvalue weighted by Crippen LogP contribution is -2.12. The number of halogens is 2. The van der Waals surface area contributed by atoms with Crippen LogP contribution in [0.2, 0.25) is 0 Å². The molecule has 0 aliphatic rings. The maximum atomic E-state index is 13.3. The minimum absolute atomic E-state index is 0.208. The topological polar surface area (TPSA) is 61.7 Å². The van der Waals surface area contributed by atoms with E-state index in [2.05, 4.69) is 26.4 Å². The Hall–Kier alpha value is -2.21. The number of nitrogens with zero attached hydrogens (tertiary/aromatic N) is 1. The molecule has 0 spiro atoms. The smallest absolute Gasteiger partial charge is 0.255 e. The third kappa shape index (κ3) is 3.88. The molecule has 2 N–H and O–H groups in total. The summed E-state index contributed by atoms with van der Waals surface area (Å²) in [6.45, 7) is 1.64. The highest BCUT2D eigenvalue weighted by atomic mass is 79.9. The van der Waals surface area contributed by atoms with Crippen LogP contribution in [0.5, 0.6) is 0 Å². The molecule has 0 aliphatic carbocycles. The number of benzene rings is 2. The van der Waals surface area contributed by atoms with Crippen molar-refractivity contribution < 1.29 is 14.4 Å². The summed E-state index contributed by atoms with van der Waals surface area (Å²) in [6, 6.07) is 10.8. The van der Waals surface area contributed by atoms with Crippen molar-refractivity contribution in [1.82, 2.24) is 0 Å². The maximum Gasteiger partial charge on any atom is 0.255 e. The van der Waals surface area contributed by atoms with Gasteiger partial charge < -0.3 is 10.5 Å². The van der Waals surface area contributed by atoms with E-state index in [1.807, 2.05) is 0 Å². The van der Waals surface area contributed by atoms with Crippen molar-refractivity contribution in [2.45, 2.75) is 6.92 Å². The van der Waals surface area contributed by atoms with Gasteiger partial charge in [-0.15, -0.1) is 0 Å². The summed E-state index contributed by atoms with van der Waals surface area (Å²) in [4.78, 5) is 12.1. The van der Waals surface area contributed by atoms with Crippen LogP contribution in [0.25, 0.3) is 0 Å². The Balaban J connectivity index is 2.23. The van der Waals surface area contributed by atoms with E-state index in [0.29, 0.717) is 21.4 Å². The number of nitrogens with one attached hydrogen (secondary N) is 1. The van der Waals surface area contributed by atoms with Crippen LogP contribution in [0.4, 0.5) is 10.1 Å². The molecule has 0 saturated heterocycles. The van der Waals surface area contributed by atoms with Gasteiger partial charge >= 0.3 is 0 Å². The van der Waals surface area contributed by atoms with Crippen molar-refractivity contribution in [2.75, 3.05) is 5.32 Å². The first kappa shape index (κ1) is 15.2. The van der Waals surface area contributed by atoms with Crippen molar-refractivity contribution in [3.8, 4) is 0 Å². The van der Waals surface area contributed by atoms with Gasteiger partial charge in [0.15, 0.2) is 0 Å². The number of hydrogen-bond acceptors (Lipinski definition) is 3. The van der Waals surface area contributed by atoms with E-state index in [4.69, 9.17) is 5.21 Å². The normalized spacial score (nSPS) is 11.3. The second-order valence-electron chi connectivity index (χ2n) is 4.38. The van der Waals surface area contributed by atoms with E-state index in [1.54, 1.807) is 31.2 Å². The summed E-state index contributed by atoms with van der Waals surface area (Å²) in [7, 11) is 0. The molecule has 0 heterocycles. The summed E-state index contributed by atoms with van der Waals surface area (Å²) in [5, 5.41) is 14.5. The van der Waals surface area contributed by atoms with Crippen LogP contribution >= 0.6 is 15.9 Å². The highest BCUT2D eigenvalue weighted by Gasteiger charge is 2.09. The molecule has 2 rings (SSSR count). The number of anilines is 1. The van der Waals surface area contributed by atoms with Crippen LogP contribution in [0.1, 0.15) is 22.8 Å². The fraction of sp³-hybridized carbons (Fsp3) is 0.0667. The van der Waals surface area contributed by atoms with Crippen molar-refractivity contribution >= 4 is 33.2 Å². The number of hydrogen-bond donors (Lipinski definition) is 2. The predicted molar refractivity (Wildman–Crippen MR) is 82.5 cm³/mol. The second kappa shape index (κ2) is 6.49. The number of rotatable bonds is 3. The van der Waals surface area contributed by atoms with Gasteiger partial charge in [-0.3, -0.25) is 4.79 Å². The first-order valence-electron chi connectivity index (χ1n) is 6.06. The standard InChI is InChI=1S/C15H12BrFN2O2/c1-9(19-21)10-3-2-4-14(7-10)18-15(20)11-5-12(16)8-13(17)6-11/h2-8,21H,1H3,(H,18,20)/b19-9+. The molecule has 108 valence electrons. The highest BCUT2D eigenvalue weighted by Crippen LogP contribution is 2.17. The molecule has 6 heteroatoms. The van der Waals surface area contributed by atoms with Gasteiger partial charge in [0, 0.05) is 21.3 Å². The van der Waals surface area contributed by atoms with Crippen molar-refractivity contribution in [3.05, 3.63) is 63.9 Å². The third-order valence-corrected chi connectivity index (χ3v) is 3.27. The number of amides is 1. The van der Waals surface area contributed by atoms with Gasteiger partial charge in [-0.1, -0.05) is 33.2 Å². The predicted octanol–water partition coefficient (Wildman–Crippen LogP) is 4.04. The number of carbonyl (C=O) groups is 1. The first-order valence-corrected chi connectivity index (χ1v) is 6.85. The molecule has 21 heavy (non-hydrogen) atoms. The largest absolute Gasteiger partial charge is 0.411 e. The van der Waals surface area contributed by atoms with Crippen LogP contribution < -0.4 is 5.32 Å². The average molecular weight is 351 g/mol. The molecule has 0 fully saturated rings. The first-order chi connectivity index (χ1) is 9.99. The van der Waals surface area contributed by atoms with E-state index in [1.165, 1.54) is 12.1 Å². The highest BCUT2D eigenvalue weighted by molar-refractivity contribution is 9.10. The maximum absolute atomic E-state index is 13.3. The SMILES string of the molecule is C/C(=N\O)c1cccc(NC(=O)c2cc(F)cc(Br)c2)c1. The summed E-state index contributed by atoms with van der Waals surface area (Å²) in [5.74, 6) is -0.919. The third-order valence-electron chi connectivity index (χ3n) is 2.81. The fourth-order valence-electron chi connectivity index (χ4n) is 1.77. The Bertz CT molecular complexity index is 696. The molecular weight excluding hydrogens is 339 g/mol. The number of carbonyl (C=O) groups excluding carboxylic acids is 1. The Morgan fingerprint density at radius 2 is 2.00 bits per heavy atom. The Morgan fingerprint density at radius 1 is 1.24 bits per heavy atom. The van der Waals surface area contributed by atoms with Crippen LogP contribution in [0.15, 0.2) is 52.1 Å². The van der Waals surface area contributed by atoms with E-state index in [-0.39, 0.29) is 5.56 Å². The van der Waals surface area contributed by atoms with Gasteiger partial charge in [0.25, 0.3) is 5.91 Å². The van der Waals surface area contributed by atoms with Crippen molar-refractivity contribution in [2.24, 2.45) is 5.16 Å². The van der Waals surface area contributed by atoms with Crippen LogP contribution in [0.3, 0.4) is 0 Å². The van der Waals surface area contributed by atoms with E-state index in [9.17, 15) is 9.18 Å². The summed E-state index contributed by atoms with van der Waals surface area (Å²) < 4.78 is 13.8. The van der Waals surface area contributed by atoms with E-state index >= 15 is 0 Å². The zero-order valence-electron chi connectivity index (χ0n) is 11.1. The Labute approximate surface area is 129 Å². The lowest BCUT2D eigenvalue weighted by molar-refractivity contribution is 0.102. The lowest BCUT2D eigenvalue weighted by atomic mass is 10.1. The van der Waals surface area contributed by atoms with Gasteiger partial charge in [0.1, 0.15) is 5.82 Å². The van der Waals surface area contributed by atoms with Crippen molar-refractivity contribution in [3.63, 3.8) is 0 Å². The monoisotopic (exact) mass is 350 g/mol. The minimum atomic E-state index is -0.494. The zero-order chi connectivity index (χ0) is 15.4. The van der Waals surface area contributed by atoms with Crippen LogP contribution in [-0.4, -0.2) is 16.8 Å². The zero-order valence-corrected chi connectivity index (χ0v) is 12.7. The summed E-state index contributed by atoms with van der Waals surface area (Å²) >= 11 is 3.14. The second-order valence-corrected chi connectivity index (χ2v) is 5.29. The molecule has 2 aromatic carbocycles. The average Bonchev–Trinajstić information content (AvgIpc) is 2.45. The summed E-state index contributed by atoms with van der Waals surface area (Å²) in [6.07, 6.45) is 0. The van der Waals surface area contributed by atoms with Crippen LogP contribution in [-0.2, 0) is 0 Å². The molecule has 0 saturated carbocycles. The Kier molecular flexibility index (Phi) is 4.70. The summed E-state index contributed by atoms with van der Waals surface area (Å²) in [5.41, 5.74) is 1.84. The lowest BCUT2D eigenvalue weighted by Gasteiger charge is -2.07. The molecule has 0 radical (unpaired) electrons. The van der Waals surface area contributed by atoms with Gasteiger partial charge in [-0.2, -0.15) is 0 Å². The quantitative estimate of drug-likeness (QED) is 0.498. The Morgan fingerprint density at radius 3 is 2.67 bits per heavy atom. The molecule has 0 aliphatic heterocycles. The van der Waals surface area contributed by atoms with Crippen molar-refractivity contribution in [1.29, 1.82) is 0 Å². The van der Waals surface area contributed by atoms with E-state index < -0.39 is 11.7 Å². The molecule has 4 nitrogen and oxygen atoms in total. The molecule has 0 aromatic heterocycles.